The summed E-state index contributed by atoms with van der Waals surface area (Å²) in [6.45, 7) is 4.93. The van der Waals surface area contributed by atoms with Crippen molar-refractivity contribution in [2.45, 2.75) is 128 Å². The highest BCUT2D eigenvalue weighted by atomic mass is 31.2. The third kappa shape index (κ3) is 13.2. The van der Waals surface area contributed by atoms with Gasteiger partial charge in [-0.25, -0.2) is 19.0 Å². The van der Waals surface area contributed by atoms with Gasteiger partial charge in [-0.1, -0.05) is 77.6 Å². The summed E-state index contributed by atoms with van der Waals surface area (Å²) in [5.74, 6) is -0.770. The van der Waals surface area contributed by atoms with Crippen LogP contribution in [-0.2, 0) is 32.6 Å². The molecule has 17 heteroatoms. The van der Waals surface area contributed by atoms with Crippen molar-refractivity contribution in [2.75, 3.05) is 39.3 Å². The molecule has 4 rings (SSSR count). The number of fused-ring (bicyclic) bond motifs is 1. The zero-order valence-electron chi connectivity index (χ0n) is 32.4. The second kappa shape index (κ2) is 21.6. The second-order valence-corrected chi connectivity index (χ2v) is 15.6. The van der Waals surface area contributed by atoms with Gasteiger partial charge in [-0.3, -0.25) is 9.05 Å². The SMILES string of the molecule is CCCCCCCCCCCCCCOC[C@H](COP(=O)(O)OC[C@@](C#N)(OC)[C@H]1OC(C)(C)O[C@H]1c1ccc2c(N)ncnn12)Oc1ccc(C#N)cn1. The normalized spacial score (nSPS) is 19.3. The highest BCUT2D eigenvalue weighted by Gasteiger charge is 2.56. The van der Waals surface area contributed by atoms with E-state index < -0.39 is 50.7 Å². The number of unbranched alkanes of at least 4 members (excludes halogenated alkanes) is 11. The first-order chi connectivity index (χ1) is 26.5. The molecule has 302 valence electrons. The molecule has 0 amide bonds. The van der Waals surface area contributed by atoms with Gasteiger partial charge >= 0.3 is 7.82 Å². The van der Waals surface area contributed by atoms with Crippen LogP contribution >= 0.6 is 7.82 Å². The summed E-state index contributed by atoms with van der Waals surface area (Å²) in [6.07, 6.45) is 14.4. The lowest BCUT2D eigenvalue weighted by atomic mass is 9.93. The molecule has 1 aliphatic rings. The van der Waals surface area contributed by atoms with Crippen molar-refractivity contribution in [3.8, 4) is 18.0 Å². The minimum absolute atomic E-state index is 0.0310. The van der Waals surface area contributed by atoms with E-state index in [1.165, 1.54) is 88.0 Å². The number of methoxy groups -OCH3 is 1. The number of nitrogens with two attached hydrogens (primary N) is 1. The zero-order chi connectivity index (χ0) is 39.7. The van der Waals surface area contributed by atoms with E-state index >= 15 is 0 Å². The quantitative estimate of drug-likeness (QED) is 0.0620. The summed E-state index contributed by atoms with van der Waals surface area (Å²) in [7, 11) is -3.56. The van der Waals surface area contributed by atoms with Crippen molar-refractivity contribution >= 4 is 19.2 Å². The summed E-state index contributed by atoms with van der Waals surface area (Å²) in [4.78, 5) is 19.0. The van der Waals surface area contributed by atoms with Crippen molar-refractivity contribution in [1.82, 2.24) is 19.6 Å². The van der Waals surface area contributed by atoms with Crippen LogP contribution in [0.5, 0.6) is 5.88 Å². The Morgan fingerprint density at radius 1 is 0.982 bits per heavy atom. The molecule has 0 aromatic carbocycles. The Balaban J connectivity index is 1.32. The van der Waals surface area contributed by atoms with Crippen LogP contribution in [0.25, 0.3) is 5.52 Å². The minimum Gasteiger partial charge on any atom is -0.469 e. The van der Waals surface area contributed by atoms with Gasteiger partial charge in [0.05, 0.1) is 24.5 Å². The zero-order valence-corrected chi connectivity index (χ0v) is 33.3. The summed E-state index contributed by atoms with van der Waals surface area (Å²) in [5.41, 5.74) is 5.44. The van der Waals surface area contributed by atoms with Gasteiger partial charge in [0.15, 0.2) is 11.6 Å². The molecule has 3 aromatic rings. The molecule has 0 saturated carbocycles. The van der Waals surface area contributed by atoms with E-state index in [1.807, 2.05) is 6.07 Å². The van der Waals surface area contributed by atoms with Crippen molar-refractivity contribution < 1.29 is 42.2 Å². The Bertz CT molecular complexity index is 1750. The van der Waals surface area contributed by atoms with Gasteiger partial charge in [-0.05, 0) is 38.5 Å². The second-order valence-electron chi connectivity index (χ2n) is 14.1. The van der Waals surface area contributed by atoms with E-state index in [0.29, 0.717) is 23.4 Å². The first kappa shape index (κ1) is 44.0. The number of hydrogen-bond acceptors (Lipinski definition) is 14. The topological polar surface area (TPSA) is 219 Å². The monoisotopic (exact) mass is 785 g/mol. The van der Waals surface area contributed by atoms with Crippen molar-refractivity contribution in [1.29, 1.82) is 10.5 Å². The Morgan fingerprint density at radius 2 is 1.67 bits per heavy atom. The molecule has 4 heterocycles. The third-order valence-electron chi connectivity index (χ3n) is 9.38. The lowest BCUT2D eigenvalue weighted by molar-refractivity contribution is -0.171. The first-order valence-corrected chi connectivity index (χ1v) is 20.6. The van der Waals surface area contributed by atoms with E-state index in [0.717, 1.165) is 19.3 Å². The maximum Gasteiger partial charge on any atom is 0.472 e. The van der Waals surface area contributed by atoms with E-state index in [2.05, 4.69) is 28.1 Å². The van der Waals surface area contributed by atoms with Gasteiger partial charge in [0.2, 0.25) is 11.5 Å². The molecule has 5 atom stereocenters. The summed E-state index contributed by atoms with van der Waals surface area (Å²) >= 11 is 0. The predicted molar refractivity (Wildman–Crippen MR) is 203 cm³/mol. The maximum absolute atomic E-state index is 13.3. The number of phosphoric ester groups is 1. The van der Waals surface area contributed by atoms with Gasteiger partial charge < -0.3 is 34.3 Å². The Kier molecular flexibility index (Phi) is 17.3. The average Bonchev–Trinajstić information content (AvgIpc) is 3.76. The molecule has 1 saturated heterocycles. The number of rotatable bonds is 26. The van der Waals surface area contributed by atoms with Gasteiger partial charge in [0.25, 0.3) is 0 Å². The maximum atomic E-state index is 13.3. The van der Waals surface area contributed by atoms with Crippen LogP contribution < -0.4 is 10.5 Å². The molecular weight excluding hydrogens is 729 g/mol. The molecular formula is C38H56N7O9P. The van der Waals surface area contributed by atoms with Crippen LogP contribution in [0, 0.1) is 22.7 Å². The summed E-state index contributed by atoms with van der Waals surface area (Å²) < 4.78 is 55.4. The highest BCUT2D eigenvalue weighted by Crippen LogP contribution is 2.48. The number of pyridine rings is 1. The fourth-order valence-corrected chi connectivity index (χ4v) is 7.14. The standard InChI is InChI=1S/C38H56N7O9P/c1-5-6-7-8-9-10-11-12-13-14-15-16-21-49-24-30(52-33-20-17-29(22-39)23-42-33)25-50-55(46,47)51-27-38(26-40,48-4)35-34(53-37(2,3)54-35)31-18-19-32-36(41)43-28-44-45(31)32/h17-20,23,28,30,34-35H,5-16,21,24-25,27H2,1-4H3,(H,46,47)(H2,41,43,44)/t30-,34+,35+,38-/m1/s1. The van der Waals surface area contributed by atoms with Crippen molar-refractivity contribution in [2.24, 2.45) is 0 Å². The fraction of sp³-hybridized carbons (Fsp3) is 0.658. The molecule has 1 aliphatic heterocycles. The number of nitrogens with zero attached hydrogens (tertiary/aromatic N) is 6. The number of ether oxygens (including phenoxy) is 5. The van der Waals surface area contributed by atoms with Crippen LogP contribution in [0.4, 0.5) is 5.82 Å². The highest BCUT2D eigenvalue weighted by molar-refractivity contribution is 7.47. The molecule has 55 heavy (non-hydrogen) atoms. The molecule has 0 bridgehead atoms. The number of nitrogen functional groups attached to an aromatic ring is 1. The summed E-state index contributed by atoms with van der Waals surface area (Å²) in [5, 5.41) is 23.8. The average molecular weight is 786 g/mol. The lowest BCUT2D eigenvalue weighted by Gasteiger charge is -2.33. The molecule has 1 unspecified atom stereocenters. The molecule has 0 aliphatic carbocycles. The molecule has 3 N–H and O–H groups in total. The van der Waals surface area contributed by atoms with Crippen LogP contribution in [0.1, 0.15) is 115 Å². The largest absolute Gasteiger partial charge is 0.472 e. The Morgan fingerprint density at radius 3 is 2.29 bits per heavy atom. The molecule has 1 fully saturated rings. The molecule has 16 nitrogen and oxygen atoms in total. The molecule has 3 aromatic heterocycles. The van der Waals surface area contributed by atoms with Crippen molar-refractivity contribution in [3.63, 3.8) is 0 Å². The van der Waals surface area contributed by atoms with Gasteiger partial charge in [-0.15, -0.1) is 0 Å². The number of phosphoric acid groups is 1. The smallest absolute Gasteiger partial charge is 0.469 e. The summed E-state index contributed by atoms with van der Waals surface area (Å²) in [6, 6.07) is 10.5. The first-order valence-electron chi connectivity index (χ1n) is 19.1. The third-order valence-corrected chi connectivity index (χ3v) is 10.3. The van der Waals surface area contributed by atoms with E-state index in [1.54, 1.807) is 32.0 Å². The predicted octanol–water partition coefficient (Wildman–Crippen LogP) is 6.98. The molecule has 0 radical (unpaired) electrons. The van der Waals surface area contributed by atoms with Crippen LogP contribution in [0.15, 0.2) is 36.8 Å². The fourth-order valence-electron chi connectivity index (χ4n) is 6.36. The van der Waals surface area contributed by atoms with Crippen LogP contribution in [0.2, 0.25) is 0 Å². The minimum atomic E-state index is -4.83. The number of hydrogen-bond donors (Lipinski definition) is 2. The van der Waals surface area contributed by atoms with Crippen molar-refractivity contribution in [3.05, 3.63) is 48.0 Å². The lowest BCUT2D eigenvalue weighted by Crippen LogP contribution is -2.50. The van der Waals surface area contributed by atoms with Gasteiger partial charge in [0, 0.05) is 26.0 Å². The van der Waals surface area contributed by atoms with E-state index in [-0.39, 0.29) is 18.3 Å². The van der Waals surface area contributed by atoms with E-state index in [4.69, 9.17) is 43.7 Å². The molecule has 0 spiro atoms. The Labute approximate surface area is 323 Å². The Hall–Kier alpha value is -3.70. The number of anilines is 1. The van der Waals surface area contributed by atoms with Gasteiger partial charge in [-0.2, -0.15) is 15.6 Å². The van der Waals surface area contributed by atoms with Crippen LogP contribution in [0.3, 0.4) is 0 Å². The van der Waals surface area contributed by atoms with Gasteiger partial charge in [0.1, 0.15) is 48.9 Å². The number of aromatic nitrogens is 4. The van der Waals surface area contributed by atoms with E-state index in [9.17, 15) is 14.7 Å². The van der Waals surface area contributed by atoms with Crippen LogP contribution in [-0.4, -0.2) is 81.6 Å². The number of nitriles is 2.